The van der Waals surface area contributed by atoms with Crippen molar-refractivity contribution in [1.82, 2.24) is 4.90 Å². The summed E-state index contributed by atoms with van der Waals surface area (Å²) in [7, 11) is 4.09. The third-order valence-corrected chi connectivity index (χ3v) is 4.22. The van der Waals surface area contributed by atoms with Gasteiger partial charge in [-0.15, -0.1) is 6.58 Å². The summed E-state index contributed by atoms with van der Waals surface area (Å²) < 4.78 is 19.7. The number of hydrogen-bond acceptors (Lipinski definition) is 4. The van der Waals surface area contributed by atoms with Gasteiger partial charge in [-0.25, -0.2) is 4.39 Å². The summed E-state index contributed by atoms with van der Waals surface area (Å²) in [6.07, 6.45) is 2.56. The fourth-order valence-electron chi connectivity index (χ4n) is 2.68. The van der Waals surface area contributed by atoms with Crippen LogP contribution in [0.2, 0.25) is 0 Å². The number of halogens is 1. The second-order valence-electron chi connectivity index (χ2n) is 7.14. The highest BCUT2D eigenvalue weighted by molar-refractivity contribution is 5.75. The van der Waals surface area contributed by atoms with Gasteiger partial charge in [-0.2, -0.15) is 0 Å². The van der Waals surface area contributed by atoms with Crippen molar-refractivity contribution in [1.29, 1.82) is 0 Å². The van der Waals surface area contributed by atoms with Gasteiger partial charge in [-0.05, 0) is 44.3 Å². The molecule has 6 nitrogen and oxygen atoms in total. The maximum absolute atomic E-state index is 13.5. The molecule has 1 atom stereocenters. The maximum Gasteiger partial charge on any atom is 0.303 e. The van der Waals surface area contributed by atoms with Crippen molar-refractivity contribution >= 4 is 11.9 Å². The summed E-state index contributed by atoms with van der Waals surface area (Å²) in [5.41, 5.74) is 1.95. The maximum atomic E-state index is 13.5. The molecule has 0 aliphatic heterocycles. The van der Waals surface area contributed by atoms with Gasteiger partial charge in [0.25, 0.3) is 0 Å². The topological polar surface area (TPSA) is 87.1 Å². The van der Waals surface area contributed by atoms with E-state index in [0.29, 0.717) is 6.42 Å². The summed E-state index contributed by atoms with van der Waals surface area (Å²) in [5.74, 6) is -1.68. The number of carbonyl (C=O) groups is 2. The van der Waals surface area contributed by atoms with Gasteiger partial charge in [0, 0.05) is 18.5 Å². The summed E-state index contributed by atoms with van der Waals surface area (Å²) in [5, 5.41) is 15.8. The molecule has 2 aromatic rings. The molecule has 0 aliphatic carbocycles. The molecule has 0 bridgehead atoms. The molecular weight excluding hydrogens is 401 g/mol. The lowest BCUT2D eigenvalue weighted by Gasteiger charge is -2.23. The van der Waals surface area contributed by atoms with E-state index in [1.165, 1.54) is 12.1 Å². The number of ether oxygens (including phenoxy) is 1. The van der Waals surface area contributed by atoms with E-state index in [-0.39, 0.29) is 24.8 Å². The molecule has 168 valence electrons. The highest BCUT2D eigenvalue weighted by atomic mass is 19.1. The van der Waals surface area contributed by atoms with Crippen molar-refractivity contribution in [2.45, 2.75) is 31.8 Å². The van der Waals surface area contributed by atoms with Crippen LogP contribution in [-0.4, -0.2) is 47.7 Å². The van der Waals surface area contributed by atoms with Gasteiger partial charge in [0.05, 0.1) is 12.8 Å². The van der Waals surface area contributed by atoms with Gasteiger partial charge in [-0.3, -0.25) is 9.59 Å². The van der Waals surface area contributed by atoms with E-state index in [0.717, 1.165) is 29.8 Å². The van der Waals surface area contributed by atoms with Crippen molar-refractivity contribution < 1.29 is 28.9 Å². The van der Waals surface area contributed by atoms with Crippen LogP contribution in [-0.2, 0) is 16.0 Å². The zero-order chi connectivity index (χ0) is 23.2. The molecule has 0 radical (unpaired) electrons. The molecule has 0 aliphatic rings. The molecule has 2 N–H and O–H groups in total. The predicted molar refractivity (Wildman–Crippen MR) is 118 cm³/mol. The van der Waals surface area contributed by atoms with Crippen molar-refractivity contribution in [3.8, 4) is 5.75 Å². The van der Waals surface area contributed by atoms with Crippen LogP contribution >= 0.6 is 0 Å². The minimum atomic E-state index is -1.08. The first-order chi connectivity index (χ1) is 14.7. The van der Waals surface area contributed by atoms with Crippen LogP contribution in [0.1, 0.15) is 36.5 Å². The predicted octanol–water partition coefficient (Wildman–Crippen LogP) is 4.56. The quantitative estimate of drug-likeness (QED) is 0.507. The van der Waals surface area contributed by atoms with Gasteiger partial charge in [-0.1, -0.05) is 36.4 Å². The molecule has 7 heteroatoms. The van der Waals surface area contributed by atoms with Gasteiger partial charge in [0.2, 0.25) is 0 Å². The molecule has 0 aromatic heterocycles. The minimum Gasteiger partial charge on any atom is -0.485 e. The Hall–Kier alpha value is -3.19. The number of rotatable bonds is 11. The highest BCUT2D eigenvalue weighted by Gasteiger charge is 2.16. The first kappa shape index (κ1) is 25.8. The van der Waals surface area contributed by atoms with E-state index < -0.39 is 11.9 Å². The molecule has 31 heavy (non-hydrogen) atoms. The SMILES string of the molecule is C=CCc1cc(F)ccc1OC(CCN(C)C)c1ccccc1.O=C(O)CCC(=O)O. The largest absolute Gasteiger partial charge is 0.485 e. The molecule has 0 amide bonds. The lowest BCUT2D eigenvalue weighted by Crippen LogP contribution is -2.19. The lowest BCUT2D eigenvalue weighted by molar-refractivity contribution is -0.143. The van der Waals surface area contributed by atoms with Crippen LogP contribution in [0.3, 0.4) is 0 Å². The Balaban J connectivity index is 0.000000512. The van der Waals surface area contributed by atoms with Crippen LogP contribution < -0.4 is 4.74 Å². The summed E-state index contributed by atoms with van der Waals surface area (Å²) in [6.45, 7) is 4.65. The molecule has 0 heterocycles. The first-order valence-electron chi connectivity index (χ1n) is 9.92. The van der Waals surface area contributed by atoms with Crippen molar-refractivity contribution in [3.05, 3.63) is 78.1 Å². The van der Waals surface area contributed by atoms with Gasteiger partial charge >= 0.3 is 11.9 Å². The van der Waals surface area contributed by atoms with Crippen LogP contribution in [0.5, 0.6) is 5.75 Å². The molecule has 2 aromatic carbocycles. The number of benzene rings is 2. The van der Waals surface area contributed by atoms with Crippen molar-refractivity contribution in [3.63, 3.8) is 0 Å². The first-order valence-corrected chi connectivity index (χ1v) is 9.92. The van der Waals surface area contributed by atoms with Crippen LogP contribution in [0, 0.1) is 5.82 Å². The van der Waals surface area contributed by atoms with E-state index in [1.54, 1.807) is 12.1 Å². The van der Waals surface area contributed by atoms with E-state index in [4.69, 9.17) is 14.9 Å². The molecule has 0 spiro atoms. The van der Waals surface area contributed by atoms with E-state index in [9.17, 15) is 14.0 Å². The lowest BCUT2D eigenvalue weighted by atomic mass is 10.1. The third-order valence-electron chi connectivity index (χ3n) is 4.22. The number of nitrogens with zero attached hydrogens (tertiary/aromatic N) is 1. The number of carboxylic acid groups (broad SMARTS) is 2. The second-order valence-corrected chi connectivity index (χ2v) is 7.14. The third kappa shape index (κ3) is 11.0. The standard InChI is InChI=1S/C20H24FNO.C4H6O4/c1-4-8-17-15-18(21)11-12-19(17)23-20(13-14-22(2)3)16-9-6-5-7-10-16;5-3(6)1-2-4(7)8/h4-7,9-12,15,20H,1,8,13-14H2,2-3H3;1-2H2,(H,5,6)(H,7,8). The Morgan fingerprint density at radius 2 is 1.71 bits per heavy atom. The number of hydrogen-bond donors (Lipinski definition) is 2. The summed E-state index contributed by atoms with van der Waals surface area (Å²) in [6, 6.07) is 14.8. The Bertz CT molecular complexity index is 825. The highest BCUT2D eigenvalue weighted by Crippen LogP contribution is 2.29. The normalized spacial score (nSPS) is 11.2. The van der Waals surface area contributed by atoms with E-state index in [1.807, 2.05) is 32.3 Å². The van der Waals surface area contributed by atoms with Gasteiger partial charge in [0.15, 0.2) is 0 Å². The van der Waals surface area contributed by atoms with E-state index >= 15 is 0 Å². The number of allylic oxidation sites excluding steroid dienone is 1. The fraction of sp³-hybridized carbons (Fsp3) is 0.333. The Morgan fingerprint density at radius 1 is 1.10 bits per heavy atom. The molecule has 0 saturated carbocycles. The molecule has 2 rings (SSSR count). The zero-order valence-electron chi connectivity index (χ0n) is 18.0. The second kappa shape index (κ2) is 13.9. The van der Waals surface area contributed by atoms with Crippen molar-refractivity contribution in [2.75, 3.05) is 20.6 Å². The summed E-state index contributed by atoms with van der Waals surface area (Å²) in [4.78, 5) is 21.4. The number of carboxylic acids is 2. The van der Waals surface area contributed by atoms with Gasteiger partial charge in [0.1, 0.15) is 17.7 Å². The Morgan fingerprint density at radius 3 is 2.23 bits per heavy atom. The molecule has 0 saturated heterocycles. The van der Waals surface area contributed by atoms with Crippen LogP contribution in [0.4, 0.5) is 4.39 Å². The van der Waals surface area contributed by atoms with Crippen LogP contribution in [0.15, 0.2) is 61.2 Å². The van der Waals surface area contributed by atoms with Crippen molar-refractivity contribution in [2.24, 2.45) is 0 Å². The van der Waals surface area contributed by atoms with E-state index in [2.05, 4.69) is 23.6 Å². The fourth-order valence-corrected chi connectivity index (χ4v) is 2.68. The number of aliphatic carboxylic acids is 2. The van der Waals surface area contributed by atoms with Gasteiger partial charge < -0.3 is 19.8 Å². The molecule has 0 fully saturated rings. The zero-order valence-corrected chi connectivity index (χ0v) is 18.0. The average Bonchev–Trinajstić information content (AvgIpc) is 2.72. The minimum absolute atomic E-state index is 0.0624. The molecular formula is C24H30FNO5. The Labute approximate surface area is 182 Å². The monoisotopic (exact) mass is 431 g/mol. The average molecular weight is 432 g/mol. The smallest absolute Gasteiger partial charge is 0.303 e. The van der Waals surface area contributed by atoms with Crippen LogP contribution in [0.25, 0.3) is 0 Å². The molecule has 1 unspecified atom stereocenters. The Kier molecular flexibility index (Phi) is 11.6. The summed E-state index contributed by atoms with van der Waals surface area (Å²) >= 11 is 0.